The van der Waals surface area contributed by atoms with Crippen molar-refractivity contribution in [3.8, 4) is 5.75 Å². The molecule has 1 aromatic carbocycles. The van der Waals surface area contributed by atoms with E-state index < -0.39 is 0 Å². The van der Waals surface area contributed by atoms with Crippen LogP contribution < -0.4 is 10.1 Å². The molecule has 7 nitrogen and oxygen atoms in total. The summed E-state index contributed by atoms with van der Waals surface area (Å²) in [4.78, 5) is 35.6. The number of hydrogen-bond acceptors (Lipinski definition) is 5. The summed E-state index contributed by atoms with van der Waals surface area (Å²) in [5.74, 6) is 1.61. The van der Waals surface area contributed by atoms with Gasteiger partial charge in [-0.25, -0.2) is 0 Å². The lowest BCUT2D eigenvalue weighted by Crippen LogP contribution is -2.52. The minimum absolute atomic E-state index is 0.158. The topological polar surface area (TPSA) is 74.8 Å². The summed E-state index contributed by atoms with van der Waals surface area (Å²) in [7, 11) is 0. The molecule has 5 rings (SSSR count). The lowest BCUT2D eigenvalue weighted by Gasteiger charge is -2.41. The molecule has 7 heteroatoms. The van der Waals surface area contributed by atoms with Gasteiger partial charge in [-0.1, -0.05) is 30.7 Å². The van der Waals surface area contributed by atoms with Gasteiger partial charge in [0.05, 0.1) is 18.5 Å². The predicted molar refractivity (Wildman–Crippen MR) is 148 cm³/mol. The Morgan fingerprint density at radius 2 is 1.89 bits per heavy atom. The number of fused-ring (bicyclic) bond motifs is 1. The molecule has 204 valence electrons. The van der Waals surface area contributed by atoms with Crippen LogP contribution in [0.5, 0.6) is 5.75 Å². The van der Waals surface area contributed by atoms with Crippen LogP contribution in [0.1, 0.15) is 67.8 Å². The largest absolute Gasteiger partial charge is 0.491 e. The van der Waals surface area contributed by atoms with E-state index in [4.69, 9.17) is 9.72 Å². The first-order valence-electron chi connectivity index (χ1n) is 14.5. The molecule has 4 heterocycles. The summed E-state index contributed by atoms with van der Waals surface area (Å²) in [6.45, 7) is 6.61. The third-order valence-corrected chi connectivity index (χ3v) is 8.73. The molecule has 0 aliphatic carbocycles. The molecule has 38 heavy (non-hydrogen) atoms. The van der Waals surface area contributed by atoms with Crippen molar-refractivity contribution in [2.45, 2.75) is 64.2 Å². The Kier molecular flexibility index (Phi) is 8.62. The fourth-order valence-corrected chi connectivity index (χ4v) is 6.40. The highest BCUT2D eigenvalue weighted by atomic mass is 16.5. The predicted octanol–water partition coefficient (Wildman–Crippen LogP) is 4.10. The van der Waals surface area contributed by atoms with Crippen molar-refractivity contribution in [1.29, 1.82) is 0 Å². The highest BCUT2D eigenvalue weighted by Crippen LogP contribution is 2.38. The number of rotatable bonds is 3. The van der Waals surface area contributed by atoms with E-state index in [1.807, 2.05) is 30.0 Å². The van der Waals surface area contributed by atoms with E-state index in [-0.39, 0.29) is 17.2 Å². The summed E-state index contributed by atoms with van der Waals surface area (Å²) < 4.78 is 5.98. The lowest BCUT2D eigenvalue weighted by molar-refractivity contribution is -0.137. The fraction of sp³-hybridized carbons (Fsp3) is 0.581. The fourth-order valence-electron chi connectivity index (χ4n) is 6.40. The van der Waals surface area contributed by atoms with E-state index in [0.717, 1.165) is 94.7 Å². The van der Waals surface area contributed by atoms with E-state index in [9.17, 15) is 9.59 Å². The van der Waals surface area contributed by atoms with Crippen LogP contribution in [-0.2, 0) is 16.0 Å². The highest BCUT2D eigenvalue weighted by Gasteiger charge is 2.41. The molecule has 1 unspecified atom stereocenters. The van der Waals surface area contributed by atoms with Crippen molar-refractivity contribution in [3.05, 3.63) is 59.4 Å². The second kappa shape index (κ2) is 12.3. The van der Waals surface area contributed by atoms with E-state index >= 15 is 0 Å². The average Bonchev–Trinajstić information content (AvgIpc) is 2.94. The quantitative estimate of drug-likeness (QED) is 0.662. The normalized spacial score (nSPS) is 22.9. The Morgan fingerprint density at radius 1 is 1.05 bits per heavy atom. The Balaban J connectivity index is 1.15. The molecule has 1 atom stereocenters. The Labute approximate surface area is 226 Å². The molecule has 2 fully saturated rings. The molecule has 2 saturated heterocycles. The summed E-state index contributed by atoms with van der Waals surface area (Å²) in [6.07, 6.45) is 7.65. The van der Waals surface area contributed by atoms with E-state index in [1.54, 1.807) is 0 Å². The number of aromatic nitrogens is 1. The van der Waals surface area contributed by atoms with Gasteiger partial charge in [0.15, 0.2) is 0 Å². The molecule has 3 aliphatic rings. The Hall–Kier alpha value is -2.93. The number of piperidine rings is 2. The second-order valence-corrected chi connectivity index (χ2v) is 11.4. The number of carbonyl (C=O) groups is 2. The van der Waals surface area contributed by atoms with Crippen LogP contribution in [0.4, 0.5) is 0 Å². The average molecular weight is 519 g/mol. The number of aryl methyl sites for hydroxylation is 2. The first-order chi connectivity index (χ1) is 18.5. The van der Waals surface area contributed by atoms with Crippen LogP contribution in [0.25, 0.3) is 0 Å². The van der Waals surface area contributed by atoms with Crippen molar-refractivity contribution >= 4 is 11.8 Å². The van der Waals surface area contributed by atoms with Gasteiger partial charge in [0.25, 0.3) is 0 Å². The summed E-state index contributed by atoms with van der Waals surface area (Å²) in [6, 6.07) is 14.4. The van der Waals surface area contributed by atoms with Gasteiger partial charge < -0.3 is 15.0 Å². The minimum atomic E-state index is -0.342. The molecular weight excluding hydrogens is 476 g/mol. The van der Waals surface area contributed by atoms with Crippen LogP contribution in [0.3, 0.4) is 0 Å². The number of amides is 2. The van der Waals surface area contributed by atoms with Gasteiger partial charge in [-0.05, 0) is 88.7 Å². The van der Waals surface area contributed by atoms with Crippen LogP contribution in [-0.4, -0.2) is 72.5 Å². The van der Waals surface area contributed by atoms with Gasteiger partial charge in [-0.15, -0.1) is 0 Å². The van der Waals surface area contributed by atoms with Crippen LogP contribution in [0.15, 0.2) is 42.5 Å². The Bertz CT molecular complexity index is 1110. The van der Waals surface area contributed by atoms with Crippen LogP contribution in [0.2, 0.25) is 0 Å². The number of hydrogen-bond donors (Lipinski definition) is 1. The summed E-state index contributed by atoms with van der Waals surface area (Å²) in [5, 5.41) is 3.16. The number of carbonyl (C=O) groups excluding carboxylic acids is 2. The van der Waals surface area contributed by atoms with Crippen LogP contribution >= 0.6 is 0 Å². The van der Waals surface area contributed by atoms with Crippen molar-refractivity contribution < 1.29 is 14.3 Å². The number of nitrogens with one attached hydrogen (secondary N) is 1. The van der Waals surface area contributed by atoms with Crippen molar-refractivity contribution in [2.75, 3.05) is 45.9 Å². The highest BCUT2D eigenvalue weighted by molar-refractivity contribution is 5.83. The molecular formula is C31H42N4O3. The smallest absolute Gasteiger partial charge is 0.236 e. The van der Waals surface area contributed by atoms with Gasteiger partial charge in [0.1, 0.15) is 12.4 Å². The van der Waals surface area contributed by atoms with E-state index in [2.05, 4.69) is 34.5 Å². The van der Waals surface area contributed by atoms with Gasteiger partial charge in [0.2, 0.25) is 11.8 Å². The number of nitrogens with zero attached hydrogens (tertiary/aromatic N) is 3. The maximum atomic E-state index is 13.4. The SMILES string of the molecule is Cc1cccc(C2CCCN(C(=O)CN3CCC4(CCCCc5ccccc5OCCNC4=O)CC3)C2)n1. The monoisotopic (exact) mass is 518 g/mol. The molecule has 0 bridgehead atoms. The van der Waals surface area contributed by atoms with Crippen LogP contribution in [0, 0.1) is 12.3 Å². The van der Waals surface area contributed by atoms with Gasteiger partial charge in [0, 0.05) is 30.4 Å². The summed E-state index contributed by atoms with van der Waals surface area (Å²) >= 11 is 0. The Morgan fingerprint density at radius 3 is 2.74 bits per heavy atom. The zero-order valence-corrected chi connectivity index (χ0v) is 22.8. The van der Waals surface area contributed by atoms with Gasteiger partial charge in [-0.3, -0.25) is 19.5 Å². The van der Waals surface area contributed by atoms with Gasteiger partial charge in [-0.2, -0.15) is 0 Å². The zero-order valence-electron chi connectivity index (χ0n) is 22.8. The molecule has 2 aromatic rings. The van der Waals surface area contributed by atoms with E-state index in [1.165, 1.54) is 5.56 Å². The van der Waals surface area contributed by atoms with Crippen molar-refractivity contribution in [1.82, 2.24) is 20.1 Å². The first kappa shape index (κ1) is 26.7. The minimum Gasteiger partial charge on any atom is -0.491 e. The molecule has 2 amide bonds. The third kappa shape index (κ3) is 6.37. The van der Waals surface area contributed by atoms with E-state index in [0.29, 0.717) is 25.6 Å². The summed E-state index contributed by atoms with van der Waals surface area (Å²) in [5.41, 5.74) is 3.04. The number of ether oxygens (including phenoxy) is 1. The number of pyridine rings is 1. The van der Waals surface area contributed by atoms with Crippen molar-refractivity contribution in [2.24, 2.45) is 5.41 Å². The molecule has 1 aromatic heterocycles. The third-order valence-electron chi connectivity index (χ3n) is 8.73. The maximum absolute atomic E-state index is 13.4. The van der Waals surface area contributed by atoms with Crippen molar-refractivity contribution in [3.63, 3.8) is 0 Å². The molecule has 0 radical (unpaired) electrons. The van der Waals surface area contributed by atoms with Gasteiger partial charge >= 0.3 is 0 Å². The molecule has 1 spiro atoms. The second-order valence-electron chi connectivity index (χ2n) is 11.4. The standard InChI is InChI=1S/C31H42N4O3/c1-24-8-6-12-27(33-24)26-11-7-18-35(22-26)29(36)23-34-19-15-31(16-20-34)14-5-4-10-25-9-2-3-13-28(25)38-21-17-32-30(31)37/h2-3,6,8-9,12-13,26H,4-5,7,10-11,14-23H2,1H3,(H,32,37). The number of benzene rings is 1. The number of likely N-dealkylation sites (tertiary alicyclic amines) is 2. The molecule has 0 saturated carbocycles. The molecule has 3 aliphatic heterocycles. The maximum Gasteiger partial charge on any atom is 0.236 e. The lowest BCUT2D eigenvalue weighted by atomic mass is 9.73. The zero-order chi connectivity index (χ0) is 26.4. The first-order valence-corrected chi connectivity index (χ1v) is 14.5. The molecule has 1 N–H and O–H groups in total. The number of para-hydroxylation sites is 1.